The Balaban J connectivity index is 0. The Labute approximate surface area is 393 Å². The zero-order valence-electron chi connectivity index (χ0n) is 44.1. The van der Waals surface area contributed by atoms with E-state index in [0.717, 1.165) is 28.0 Å². The van der Waals surface area contributed by atoms with Gasteiger partial charge >= 0.3 is 0 Å². The third-order valence-corrected chi connectivity index (χ3v) is 11.5. The summed E-state index contributed by atoms with van der Waals surface area (Å²) < 4.78 is 0. The number of phenolic OH excluding ortho intramolecular Hbond substituents is 1. The number of hydrogen-bond donors (Lipinski definition) is 1. The lowest BCUT2D eigenvalue weighted by molar-refractivity contribution is -0.125. The van der Waals surface area contributed by atoms with Crippen LogP contribution in [0.4, 0.5) is 0 Å². The van der Waals surface area contributed by atoms with Crippen molar-refractivity contribution in [3.05, 3.63) is 97.6 Å². The summed E-state index contributed by atoms with van der Waals surface area (Å²) in [5.41, 5.74) is 13.8. The summed E-state index contributed by atoms with van der Waals surface area (Å²) in [5, 5.41) is 10.2. The van der Waals surface area contributed by atoms with Gasteiger partial charge in [-0.2, -0.15) is 0 Å². The van der Waals surface area contributed by atoms with E-state index in [2.05, 4.69) is 121 Å². The normalized spacial score (nSPS) is 11.5. The SMILES string of the molecule is CC(=O)CC(C)=O.CC(=O)CC(C)c1cc(C)c(O)c(C(C)(C)C)c1.CC(=O)CSCc1cc(C)c(C)c(C(C)(C)C)c1.CC(=O)Cc1cc(C)c(C)c(C(C)(C)C)c1.CCC(C)=O. The van der Waals surface area contributed by atoms with E-state index in [0.29, 0.717) is 30.8 Å². The summed E-state index contributed by atoms with van der Waals surface area (Å²) in [6.45, 7) is 43.4. The van der Waals surface area contributed by atoms with Gasteiger partial charge in [0.15, 0.2) is 0 Å². The highest BCUT2D eigenvalue weighted by Gasteiger charge is 2.22. The Morgan fingerprint density at radius 3 is 1.27 bits per heavy atom. The van der Waals surface area contributed by atoms with Crippen molar-refractivity contribution < 1.29 is 33.9 Å². The molecule has 7 nitrogen and oxygen atoms in total. The first-order chi connectivity index (χ1) is 28.9. The maximum atomic E-state index is 11.2. The van der Waals surface area contributed by atoms with E-state index in [-0.39, 0.29) is 63.3 Å². The highest BCUT2D eigenvalue weighted by atomic mass is 32.2. The highest BCUT2D eigenvalue weighted by Crippen LogP contribution is 2.36. The first-order valence-corrected chi connectivity index (χ1v) is 23.7. The number of benzene rings is 3. The lowest BCUT2D eigenvalue weighted by atomic mass is 9.81. The molecule has 3 aromatic carbocycles. The van der Waals surface area contributed by atoms with Crippen LogP contribution in [0.2, 0.25) is 0 Å². The zero-order valence-corrected chi connectivity index (χ0v) is 44.9. The van der Waals surface area contributed by atoms with Crippen LogP contribution in [0.1, 0.15) is 204 Å². The van der Waals surface area contributed by atoms with E-state index in [1.54, 1.807) is 39.5 Å². The van der Waals surface area contributed by atoms with Gasteiger partial charge in [-0.1, -0.05) is 113 Å². The minimum atomic E-state index is -0.0964. The minimum Gasteiger partial charge on any atom is -0.507 e. The zero-order chi connectivity index (χ0) is 50.7. The predicted molar refractivity (Wildman–Crippen MR) is 273 cm³/mol. The van der Waals surface area contributed by atoms with Gasteiger partial charge in [0.05, 0.1) is 12.2 Å². The average molecular weight is 903 g/mol. The van der Waals surface area contributed by atoms with E-state index < -0.39 is 0 Å². The number of aryl methyl sites for hydroxylation is 3. The van der Waals surface area contributed by atoms with Gasteiger partial charge < -0.3 is 14.7 Å². The molecule has 0 fully saturated rings. The fraction of sp³-hybridized carbons (Fsp3) is 0.571. The van der Waals surface area contributed by atoms with Crippen molar-refractivity contribution in [3.63, 3.8) is 0 Å². The van der Waals surface area contributed by atoms with Crippen molar-refractivity contribution >= 4 is 46.5 Å². The molecule has 0 heterocycles. The molecule has 0 amide bonds. The van der Waals surface area contributed by atoms with E-state index in [1.165, 1.54) is 52.8 Å². The third kappa shape index (κ3) is 25.4. The van der Waals surface area contributed by atoms with Crippen LogP contribution in [0.25, 0.3) is 0 Å². The monoisotopic (exact) mass is 903 g/mol. The quantitative estimate of drug-likeness (QED) is 0.178. The van der Waals surface area contributed by atoms with Gasteiger partial charge in [-0.15, -0.1) is 11.8 Å². The molecule has 1 N–H and O–H groups in total. The molecule has 1 atom stereocenters. The summed E-state index contributed by atoms with van der Waals surface area (Å²) in [6.07, 6.45) is 1.85. The minimum absolute atomic E-state index is 0.0625. The number of rotatable bonds is 12. The van der Waals surface area contributed by atoms with E-state index in [4.69, 9.17) is 0 Å². The van der Waals surface area contributed by atoms with Gasteiger partial charge in [0.25, 0.3) is 0 Å². The Morgan fingerprint density at radius 1 is 0.531 bits per heavy atom. The van der Waals surface area contributed by atoms with Gasteiger partial charge in [-0.3, -0.25) is 19.2 Å². The first-order valence-electron chi connectivity index (χ1n) is 22.5. The fourth-order valence-corrected chi connectivity index (χ4v) is 7.57. The van der Waals surface area contributed by atoms with Gasteiger partial charge in [0.2, 0.25) is 0 Å². The first kappa shape index (κ1) is 61.9. The van der Waals surface area contributed by atoms with Crippen molar-refractivity contribution in [2.24, 2.45) is 0 Å². The van der Waals surface area contributed by atoms with Crippen LogP contribution in [0.3, 0.4) is 0 Å². The predicted octanol–water partition coefficient (Wildman–Crippen LogP) is 13.8. The number of phenols is 1. The lowest BCUT2D eigenvalue weighted by Gasteiger charge is -2.24. The molecule has 0 spiro atoms. The summed E-state index contributed by atoms with van der Waals surface area (Å²) in [5.74, 6) is 2.91. The molecule has 8 heteroatoms. The molecule has 3 rings (SSSR count). The van der Waals surface area contributed by atoms with Gasteiger partial charge in [0, 0.05) is 25.0 Å². The van der Waals surface area contributed by atoms with E-state index >= 15 is 0 Å². The second-order valence-corrected chi connectivity index (χ2v) is 21.7. The molecule has 1 unspecified atom stereocenters. The molecular formula is C56H86O7S. The molecule has 358 valence electrons. The van der Waals surface area contributed by atoms with Crippen molar-refractivity contribution in [2.75, 3.05) is 5.75 Å². The smallest absolute Gasteiger partial charge is 0.139 e. The maximum Gasteiger partial charge on any atom is 0.139 e. The number of thioether (sulfide) groups is 1. The van der Waals surface area contributed by atoms with Crippen molar-refractivity contribution in [3.8, 4) is 5.75 Å². The summed E-state index contributed by atoms with van der Waals surface area (Å²) >= 11 is 1.70. The molecule has 0 saturated heterocycles. The third-order valence-electron chi connectivity index (χ3n) is 10.4. The van der Waals surface area contributed by atoms with Gasteiger partial charge in [-0.25, -0.2) is 0 Å². The van der Waals surface area contributed by atoms with Crippen LogP contribution in [-0.2, 0) is 57.2 Å². The summed E-state index contributed by atoms with van der Waals surface area (Å²) in [6, 6.07) is 12.9. The van der Waals surface area contributed by atoms with Crippen LogP contribution in [-0.4, -0.2) is 45.6 Å². The number of aromatic hydroxyl groups is 1. The second kappa shape index (κ2) is 28.0. The molecule has 0 aliphatic carbocycles. The summed E-state index contributed by atoms with van der Waals surface area (Å²) in [4.78, 5) is 63.2. The molecule has 64 heavy (non-hydrogen) atoms. The molecule has 0 saturated carbocycles. The molecule has 0 aliphatic rings. The van der Waals surface area contributed by atoms with Crippen LogP contribution in [0, 0.1) is 34.6 Å². The molecule has 0 radical (unpaired) electrons. The Hall–Kier alpha value is -4.17. The van der Waals surface area contributed by atoms with Crippen molar-refractivity contribution in [2.45, 2.75) is 206 Å². The standard InChI is InChI=1S/C16H24O2.C16H24OS.C15H22O.C5H8O2.C4H8O/c1-10(7-12(3)17)13-8-11(2)15(18)14(9-13)16(4,5)6;1-11-7-14(10-18-9-12(2)17)8-15(13(11)3)16(4,5)6;1-10-7-13(8-11(2)16)9-14(12(10)3)15(4,5)6;1-4(6)3-5(2)7;1-3-4(2)5/h8-10,18H,7H2,1-6H3;7-8H,9-10H2,1-6H3;7,9H,8H2,1-6H3;3H2,1-2H3;3H2,1-2H3. The highest BCUT2D eigenvalue weighted by molar-refractivity contribution is 7.99. The van der Waals surface area contributed by atoms with E-state index in [9.17, 15) is 33.9 Å². The number of ketones is 6. The van der Waals surface area contributed by atoms with Crippen molar-refractivity contribution in [1.82, 2.24) is 0 Å². The number of hydrogen-bond acceptors (Lipinski definition) is 8. The van der Waals surface area contributed by atoms with Crippen LogP contribution in [0.5, 0.6) is 5.75 Å². The van der Waals surface area contributed by atoms with Crippen LogP contribution < -0.4 is 0 Å². The average Bonchev–Trinajstić information content (AvgIpc) is 3.10. The molecule has 0 aliphatic heterocycles. The Bertz CT molecular complexity index is 2040. The number of carbonyl (C=O) groups excluding carboxylic acids is 6. The molecule has 0 aromatic heterocycles. The lowest BCUT2D eigenvalue weighted by Crippen LogP contribution is -2.15. The van der Waals surface area contributed by atoms with E-state index in [1.807, 2.05) is 26.0 Å². The summed E-state index contributed by atoms with van der Waals surface area (Å²) in [7, 11) is 0. The Morgan fingerprint density at radius 2 is 0.938 bits per heavy atom. The van der Waals surface area contributed by atoms with Gasteiger partial charge in [0.1, 0.15) is 40.4 Å². The van der Waals surface area contributed by atoms with Crippen LogP contribution >= 0.6 is 11.8 Å². The molecule has 3 aromatic rings. The fourth-order valence-electron chi connectivity index (χ4n) is 6.77. The molecular weight excluding hydrogens is 817 g/mol. The number of carbonyl (C=O) groups is 6. The largest absolute Gasteiger partial charge is 0.507 e. The van der Waals surface area contributed by atoms with Crippen molar-refractivity contribution in [1.29, 1.82) is 0 Å². The maximum absolute atomic E-state index is 11.2. The second-order valence-electron chi connectivity index (χ2n) is 20.7. The topological polar surface area (TPSA) is 123 Å². The van der Waals surface area contributed by atoms with Crippen LogP contribution in [0.15, 0.2) is 36.4 Å². The van der Waals surface area contributed by atoms with Gasteiger partial charge in [-0.05, 0) is 160 Å². The molecule has 0 bridgehead atoms. The number of Topliss-reactive ketones (excluding diaryl/α,β-unsaturated/α-hetero) is 6. The Kier molecular flexibility index (Phi) is 27.1.